The highest BCUT2D eigenvalue weighted by Gasteiger charge is 2.02. The first-order chi connectivity index (χ1) is 12.6. The predicted octanol–water partition coefficient (Wildman–Crippen LogP) is 4.04. The number of ketones is 1. The number of rotatable bonds is 7. The molecule has 6 nitrogen and oxygen atoms in total. The van der Waals surface area contributed by atoms with E-state index < -0.39 is 0 Å². The number of carbonyl (C=O) groups excluding carboxylic acids is 1. The Kier molecular flexibility index (Phi) is 5.43. The Bertz CT molecular complexity index is 877. The molecule has 0 radical (unpaired) electrons. The van der Waals surface area contributed by atoms with E-state index in [9.17, 15) is 4.79 Å². The molecule has 0 aliphatic heterocycles. The zero-order valence-electron chi connectivity index (χ0n) is 14.7. The molecular weight excluding hydrogens is 328 g/mol. The van der Waals surface area contributed by atoms with E-state index in [1.165, 1.54) is 6.33 Å². The summed E-state index contributed by atoms with van der Waals surface area (Å²) in [5, 5.41) is 6.48. The van der Waals surface area contributed by atoms with E-state index in [2.05, 4.69) is 20.6 Å². The highest BCUT2D eigenvalue weighted by atomic mass is 16.5. The molecule has 0 atom stereocenters. The Morgan fingerprint density at radius 2 is 1.69 bits per heavy atom. The third-order valence-electron chi connectivity index (χ3n) is 3.86. The Morgan fingerprint density at radius 3 is 2.35 bits per heavy atom. The summed E-state index contributed by atoms with van der Waals surface area (Å²) >= 11 is 0. The van der Waals surface area contributed by atoms with Crippen LogP contribution >= 0.6 is 0 Å². The summed E-state index contributed by atoms with van der Waals surface area (Å²) in [4.78, 5) is 19.8. The molecule has 3 rings (SSSR count). The van der Waals surface area contributed by atoms with Gasteiger partial charge in [-0.1, -0.05) is 12.1 Å². The van der Waals surface area contributed by atoms with Crippen molar-refractivity contribution in [3.63, 3.8) is 0 Å². The molecule has 0 unspecified atom stereocenters. The van der Waals surface area contributed by atoms with Crippen LogP contribution < -0.4 is 15.4 Å². The second kappa shape index (κ2) is 8.11. The molecule has 26 heavy (non-hydrogen) atoms. The van der Waals surface area contributed by atoms with Crippen LogP contribution in [0.1, 0.15) is 22.8 Å². The highest BCUT2D eigenvalue weighted by Crippen LogP contribution is 2.18. The van der Waals surface area contributed by atoms with Crippen LogP contribution in [0.5, 0.6) is 5.75 Å². The minimum absolute atomic E-state index is 0.0450. The standard InChI is InChI=1S/C20H20N4O2/c1-14(25)16-5-7-17(8-6-16)24-20-11-19(22-13-23-20)21-12-15-3-9-18(26-2)10-4-15/h3-11,13H,12H2,1-2H3,(H2,21,22,23,24). The first-order valence-electron chi connectivity index (χ1n) is 8.21. The molecule has 3 aromatic rings. The molecule has 6 heteroatoms. The van der Waals surface area contributed by atoms with Gasteiger partial charge in [-0.05, 0) is 48.9 Å². The van der Waals surface area contributed by atoms with Crippen molar-refractivity contribution in [1.82, 2.24) is 9.97 Å². The summed E-state index contributed by atoms with van der Waals surface area (Å²) in [5.41, 5.74) is 2.66. The van der Waals surface area contributed by atoms with E-state index in [1.54, 1.807) is 26.2 Å². The van der Waals surface area contributed by atoms with E-state index in [0.717, 1.165) is 22.8 Å². The number of ether oxygens (including phenoxy) is 1. The van der Waals surface area contributed by atoms with Crippen molar-refractivity contribution >= 4 is 23.1 Å². The van der Waals surface area contributed by atoms with Crippen molar-refractivity contribution < 1.29 is 9.53 Å². The molecule has 0 aliphatic carbocycles. The molecule has 2 aromatic carbocycles. The Balaban J connectivity index is 1.62. The first kappa shape index (κ1) is 17.4. The number of nitrogens with one attached hydrogen (secondary N) is 2. The van der Waals surface area contributed by atoms with Gasteiger partial charge < -0.3 is 15.4 Å². The van der Waals surface area contributed by atoms with Crippen molar-refractivity contribution in [3.8, 4) is 5.75 Å². The number of benzene rings is 2. The molecule has 0 saturated carbocycles. The molecular formula is C20H20N4O2. The molecule has 0 fully saturated rings. The highest BCUT2D eigenvalue weighted by molar-refractivity contribution is 5.94. The lowest BCUT2D eigenvalue weighted by Gasteiger charge is -2.09. The van der Waals surface area contributed by atoms with Gasteiger partial charge in [-0.15, -0.1) is 0 Å². The fourth-order valence-electron chi connectivity index (χ4n) is 2.39. The lowest BCUT2D eigenvalue weighted by atomic mass is 10.1. The number of methoxy groups -OCH3 is 1. The van der Waals surface area contributed by atoms with Crippen LogP contribution in [0.2, 0.25) is 0 Å². The van der Waals surface area contributed by atoms with Gasteiger partial charge in [0.2, 0.25) is 0 Å². The second-order valence-corrected chi connectivity index (χ2v) is 5.75. The SMILES string of the molecule is COc1ccc(CNc2cc(Nc3ccc(C(C)=O)cc3)ncn2)cc1. The fourth-order valence-corrected chi connectivity index (χ4v) is 2.39. The number of anilines is 3. The lowest BCUT2D eigenvalue weighted by molar-refractivity contribution is 0.101. The monoisotopic (exact) mass is 348 g/mol. The average molecular weight is 348 g/mol. The minimum Gasteiger partial charge on any atom is -0.497 e. The molecule has 1 aromatic heterocycles. The van der Waals surface area contributed by atoms with Gasteiger partial charge in [0.15, 0.2) is 5.78 Å². The van der Waals surface area contributed by atoms with Crippen molar-refractivity contribution in [1.29, 1.82) is 0 Å². The summed E-state index contributed by atoms with van der Waals surface area (Å²) in [6, 6.07) is 17.0. The number of hydrogen-bond donors (Lipinski definition) is 2. The Hall–Kier alpha value is -3.41. The van der Waals surface area contributed by atoms with E-state index in [1.807, 2.05) is 42.5 Å². The molecule has 0 bridgehead atoms. The summed E-state index contributed by atoms with van der Waals surface area (Å²) < 4.78 is 5.16. The van der Waals surface area contributed by atoms with E-state index in [0.29, 0.717) is 17.9 Å². The Morgan fingerprint density at radius 1 is 1.00 bits per heavy atom. The van der Waals surface area contributed by atoms with Gasteiger partial charge >= 0.3 is 0 Å². The van der Waals surface area contributed by atoms with E-state index in [-0.39, 0.29) is 5.78 Å². The van der Waals surface area contributed by atoms with Crippen LogP contribution in [0.3, 0.4) is 0 Å². The van der Waals surface area contributed by atoms with Crippen LogP contribution in [-0.2, 0) is 6.54 Å². The number of Topliss-reactive ketones (excluding diaryl/α,β-unsaturated/α-hetero) is 1. The number of nitrogens with zero attached hydrogens (tertiary/aromatic N) is 2. The van der Waals surface area contributed by atoms with Gasteiger partial charge in [-0.2, -0.15) is 0 Å². The largest absolute Gasteiger partial charge is 0.497 e. The van der Waals surface area contributed by atoms with Crippen molar-refractivity contribution in [3.05, 3.63) is 72.1 Å². The van der Waals surface area contributed by atoms with Crippen molar-refractivity contribution in [2.45, 2.75) is 13.5 Å². The molecule has 0 amide bonds. The third-order valence-corrected chi connectivity index (χ3v) is 3.86. The maximum Gasteiger partial charge on any atom is 0.159 e. The molecule has 1 heterocycles. The Labute approximate surface area is 152 Å². The summed E-state index contributed by atoms with van der Waals surface area (Å²) in [5.74, 6) is 2.27. The topological polar surface area (TPSA) is 76.1 Å². The smallest absolute Gasteiger partial charge is 0.159 e. The number of aromatic nitrogens is 2. The molecule has 132 valence electrons. The van der Waals surface area contributed by atoms with Gasteiger partial charge in [0.25, 0.3) is 0 Å². The predicted molar refractivity (Wildman–Crippen MR) is 102 cm³/mol. The maximum absolute atomic E-state index is 11.3. The zero-order chi connectivity index (χ0) is 18.4. The van der Waals surface area contributed by atoms with Gasteiger partial charge in [-0.3, -0.25) is 4.79 Å². The zero-order valence-corrected chi connectivity index (χ0v) is 14.7. The van der Waals surface area contributed by atoms with Gasteiger partial charge in [-0.25, -0.2) is 9.97 Å². The first-order valence-corrected chi connectivity index (χ1v) is 8.21. The summed E-state index contributed by atoms with van der Waals surface area (Å²) in [6.45, 7) is 2.20. The fraction of sp³-hybridized carbons (Fsp3) is 0.150. The van der Waals surface area contributed by atoms with Gasteiger partial charge in [0.1, 0.15) is 23.7 Å². The third kappa shape index (κ3) is 4.57. The van der Waals surface area contributed by atoms with Crippen molar-refractivity contribution in [2.75, 3.05) is 17.7 Å². The van der Waals surface area contributed by atoms with E-state index >= 15 is 0 Å². The van der Waals surface area contributed by atoms with Gasteiger partial charge in [0, 0.05) is 23.9 Å². The number of carbonyl (C=O) groups is 1. The van der Waals surface area contributed by atoms with E-state index in [4.69, 9.17) is 4.74 Å². The maximum atomic E-state index is 11.3. The van der Waals surface area contributed by atoms with Crippen molar-refractivity contribution in [2.24, 2.45) is 0 Å². The average Bonchev–Trinajstić information content (AvgIpc) is 2.67. The second-order valence-electron chi connectivity index (χ2n) is 5.75. The normalized spacial score (nSPS) is 10.2. The lowest BCUT2D eigenvalue weighted by Crippen LogP contribution is -2.03. The quantitative estimate of drug-likeness (QED) is 0.628. The minimum atomic E-state index is 0.0450. The molecule has 0 aliphatic rings. The van der Waals surface area contributed by atoms with Crippen LogP contribution in [0, 0.1) is 0 Å². The van der Waals surface area contributed by atoms with Crippen LogP contribution in [-0.4, -0.2) is 22.9 Å². The van der Waals surface area contributed by atoms with Crippen LogP contribution in [0.25, 0.3) is 0 Å². The number of hydrogen-bond acceptors (Lipinski definition) is 6. The van der Waals surface area contributed by atoms with Crippen LogP contribution in [0.4, 0.5) is 17.3 Å². The van der Waals surface area contributed by atoms with Crippen LogP contribution in [0.15, 0.2) is 60.9 Å². The molecule has 2 N–H and O–H groups in total. The molecule has 0 spiro atoms. The molecule has 0 saturated heterocycles. The summed E-state index contributed by atoms with van der Waals surface area (Å²) in [6.07, 6.45) is 1.50. The summed E-state index contributed by atoms with van der Waals surface area (Å²) in [7, 11) is 1.65. The van der Waals surface area contributed by atoms with Gasteiger partial charge in [0.05, 0.1) is 7.11 Å².